The molecule has 0 aliphatic carbocycles. The van der Waals surface area contributed by atoms with E-state index in [9.17, 15) is 22.4 Å². The molecule has 4 aromatic carbocycles. The van der Waals surface area contributed by atoms with E-state index >= 15 is 0 Å². The maximum Gasteiger partial charge on any atom is 0.346 e. The van der Waals surface area contributed by atoms with Gasteiger partial charge in [0.05, 0.1) is 18.8 Å². The molecule has 0 aliphatic rings. The molecule has 0 amide bonds. The van der Waals surface area contributed by atoms with E-state index in [-0.39, 0.29) is 35.8 Å². The monoisotopic (exact) mass is 496 g/mol. The van der Waals surface area contributed by atoms with Crippen molar-refractivity contribution in [1.82, 2.24) is 0 Å². The molecule has 0 saturated carbocycles. The Morgan fingerprint density at radius 1 is 0.722 bits per heavy atom. The molecular formula is C28H20F4O4. The fourth-order valence-electron chi connectivity index (χ4n) is 3.61. The third kappa shape index (κ3) is 4.94. The predicted octanol–water partition coefficient (Wildman–Crippen LogP) is 6.69. The molecule has 36 heavy (non-hydrogen) atoms. The minimum atomic E-state index is -1.37. The molecule has 0 aromatic heterocycles. The normalized spacial score (nSPS) is 10.8. The summed E-state index contributed by atoms with van der Waals surface area (Å²) >= 11 is 0. The molecule has 0 atom stereocenters. The van der Waals surface area contributed by atoms with Gasteiger partial charge in [0.1, 0.15) is 5.75 Å². The number of benzene rings is 4. The van der Waals surface area contributed by atoms with Crippen LogP contribution in [0.2, 0.25) is 0 Å². The van der Waals surface area contributed by atoms with E-state index in [0.29, 0.717) is 16.7 Å². The van der Waals surface area contributed by atoms with Crippen LogP contribution in [0.4, 0.5) is 17.6 Å². The molecular weight excluding hydrogens is 476 g/mol. The van der Waals surface area contributed by atoms with Crippen molar-refractivity contribution in [2.75, 3.05) is 6.61 Å². The SMILES string of the molecule is CCOc1ccc(-c2ccc(OC(=O)c3ccc(-c4ccc(CO)cc4)c(F)c3F)cc2)c(F)c1F. The molecule has 1 N–H and O–H groups in total. The summed E-state index contributed by atoms with van der Waals surface area (Å²) in [5, 5.41) is 9.12. The number of carbonyl (C=O) groups excluding carboxylic acids is 1. The van der Waals surface area contributed by atoms with Gasteiger partial charge in [0, 0.05) is 11.1 Å². The molecule has 0 spiro atoms. The second kappa shape index (κ2) is 10.6. The first-order valence-electron chi connectivity index (χ1n) is 11.0. The first-order chi connectivity index (χ1) is 17.3. The van der Waals surface area contributed by atoms with Crippen LogP contribution in [0.3, 0.4) is 0 Å². The average Bonchev–Trinajstić information content (AvgIpc) is 2.89. The van der Waals surface area contributed by atoms with Gasteiger partial charge in [-0.2, -0.15) is 4.39 Å². The van der Waals surface area contributed by atoms with Crippen LogP contribution in [-0.2, 0) is 6.61 Å². The lowest BCUT2D eigenvalue weighted by Gasteiger charge is -2.11. The quantitative estimate of drug-likeness (QED) is 0.176. The van der Waals surface area contributed by atoms with Crippen molar-refractivity contribution in [3.05, 3.63) is 107 Å². The van der Waals surface area contributed by atoms with Crippen molar-refractivity contribution >= 4 is 5.97 Å². The standard InChI is InChI=1S/C28H20F4O4/c1-2-35-23-14-13-21(25(30)27(23)32)18-7-9-19(10-8-18)36-28(34)22-12-11-20(24(29)26(22)31)17-5-3-16(15-33)4-6-17/h3-14,33H,2,15H2,1H3. The minimum Gasteiger partial charge on any atom is -0.491 e. The van der Waals surface area contributed by atoms with Gasteiger partial charge in [-0.25, -0.2) is 18.0 Å². The van der Waals surface area contributed by atoms with E-state index in [2.05, 4.69) is 0 Å². The zero-order chi connectivity index (χ0) is 25.8. The lowest BCUT2D eigenvalue weighted by molar-refractivity contribution is 0.0728. The van der Waals surface area contributed by atoms with Crippen LogP contribution in [0.5, 0.6) is 11.5 Å². The molecule has 0 unspecified atom stereocenters. The van der Waals surface area contributed by atoms with Crippen molar-refractivity contribution in [3.8, 4) is 33.8 Å². The van der Waals surface area contributed by atoms with Crippen molar-refractivity contribution in [2.45, 2.75) is 13.5 Å². The summed E-state index contributed by atoms with van der Waals surface area (Å²) in [6.07, 6.45) is 0. The number of carbonyl (C=O) groups is 1. The smallest absolute Gasteiger partial charge is 0.346 e. The summed E-state index contributed by atoms with van der Waals surface area (Å²) in [7, 11) is 0. The Bertz CT molecular complexity index is 1400. The number of aliphatic hydroxyl groups excluding tert-OH is 1. The summed E-state index contributed by atoms with van der Waals surface area (Å²) in [6, 6.07) is 16.7. The lowest BCUT2D eigenvalue weighted by Crippen LogP contribution is -2.12. The summed E-state index contributed by atoms with van der Waals surface area (Å²) < 4.78 is 68.2. The number of aliphatic hydroxyl groups is 1. The topological polar surface area (TPSA) is 55.8 Å². The van der Waals surface area contributed by atoms with Crippen LogP contribution in [-0.4, -0.2) is 17.7 Å². The van der Waals surface area contributed by atoms with Gasteiger partial charge in [-0.05, 0) is 53.9 Å². The Labute approximate surface area is 204 Å². The fraction of sp³-hybridized carbons (Fsp3) is 0.107. The molecule has 0 radical (unpaired) electrons. The Morgan fingerprint density at radius 2 is 1.28 bits per heavy atom. The first-order valence-corrected chi connectivity index (χ1v) is 11.0. The van der Waals surface area contributed by atoms with E-state index in [0.717, 1.165) is 6.07 Å². The summed E-state index contributed by atoms with van der Waals surface area (Å²) in [5.41, 5.74) is 0.611. The van der Waals surface area contributed by atoms with Gasteiger partial charge < -0.3 is 14.6 Å². The molecule has 184 valence electrons. The highest BCUT2D eigenvalue weighted by Crippen LogP contribution is 2.31. The second-order valence-corrected chi connectivity index (χ2v) is 7.73. The van der Waals surface area contributed by atoms with Crippen molar-refractivity contribution in [1.29, 1.82) is 0 Å². The van der Waals surface area contributed by atoms with Crippen LogP contribution in [0.1, 0.15) is 22.8 Å². The highest BCUT2D eigenvalue weighted by Gasteiger charge is 2.21. The molecule has 0 aliphatic heterocycles. The minimum absolute atomic E-state index is 0.000886. The number of halogens is 4. The maximum atomic E-state index is 14.7. The van der Waals surface area contributed by atoms with Crippen LogP contribution < -0.4 is 9.47 Å². The predicted molar refractivity (Wildman–Crippen MR) is 126 cm³/mol. The zero-order valence-electron chi connectivity index (χ0n) is 19.0. The number of ether oxygens (including phenoxy) is 2. The first kappa shape index (κ1) is 24.9. The Kier molecular flexibility index (Phi) is 7.36. The van der Waals surface area contributed by atoms with Crippen molar-refractivity contribution < 1.29 is 36.9 Å². The molecule has 0 fully saturated rings. The van der Waals surface area contributed by atoms with Gasteiger partial charge in [0.25, 0.3) is 0 Å². The summed E-state index contributed by atoms with van der Waals surface area (Å²) in [4.78, 5) is 12.5. The summed E-state index contributed by atoms with van der Waals surface area (Å²) in [6.45, 7) is 1.65. The highest BCUT2D eigenvalue weighted by atomic mass is 19.2. The Balaban J connectivity index is 1.53. The van der Waals surface area contributed by atoms with Crippen LogP contribution in [0.25, 0.3) is 22.3 Å². The third-order valence-corrected chi connectivity index (χ3v) is 5.47. The molecule has 0 heterocycles. The van der Waals surface area contributed by atoms with Crippen LogP contribution in [0.15, 0.2) is 72.8 Å². The van der Waals surface area contributed by atoms with Crippen molar-refractivity contribution in [3.63, 3.8) is 0 Å². The third-order valence-electron chi connectivity index (χ3n) is 5.47. The molecule has 4 nitrogen and oxygen atoms in total. The Hall–Kier alpha value is -4.17. The van der Waals surface area contributed by atoms with Gasteiger partial charge in [0.2, 0.25) is 5.82 Å². The highest BCUT2D eigenvalue weighted by molar-refractivity contribution is 5.92. The largest absolute Gasteiger partial charge is 0.491 e. The van der Waals surface area contributed by atoms with Crippen molar-refractivity contribution in [2.24, 2.45) is 0 Å². The van der Waals surface area contributed by atoms with E-state index in [1.165, 1.54) is 54.6 Å². The molecule has 0 bridgehead atoms. The number of esters is 1. The van der Waals surface area contributed by atoms with E-state index in [1.54, 1.807) is 19.1 Å². The van der Waals surface area contributed by atoms with Crippen LogP contribution >= 0.6 is 0 Å². The second-order valence-electron chi connectivity index (χ2n) is 7.73. The van der Waals surface area contributed by atoms with E-state index in [1.807, 2.05) is 0 Å². The van der Waals surface area contributed by atoms with Gasteiger partial charge in [0.15, 0.2) is 23.2 Å². The Morgan fingerprint density at radius 3 is 1.86 bits per heavy atom. The molecule has 8 heteroatoms. The van der Waals surface area contributed by atoms with Gasteiger partial charge >= 0.3 is 5.97 Å². The molecule has 4 aromatic rings. The lowest BCUT2D eigenvalue weighted by atomic mass is 10.0. The number of rotatable bonds is 7. The molecule has 0 saturated heterocycles. The van der Waals surface area contributed by atoms with E-state index < -0.39 is 34.8 Å². The average molecular weight is 496 g/mol. The summed E-state index contributed by atoms with van der Waals surface area (Å²) in [5.74, 6) is -6.12. The van der Waals surface area contributed by atoms with Gasteiger partial charge in [-0.3, -0.25) is 0 Å². The van der Waals surface area contributed by atoms with Gasteiger partial charge in [-0.15, -0.1) is 0 Å². The van der Waals surface area contributed by atoms with E-state index in [4.69, 9.17) is 14.6 Å². The number of hydrogen-bond donors (Lipinski definition) is 1. The number of hydrogen-bond acceptors (Lipinski definition) is 4. The fourth-order valence-corrected chi connectivity index (χ4v) is 3.61. The zero-order valence-corrected chi connectivity index (χ0v) is 19.0. The maximum absolute atomic E-state index is 14.7. The van der Waals surface area contributed by atoms with Gasteiger partial charge in [-0.1, -0.05) is 42.5 Å². The molecule has 4 rings (SSSR count). The van der Waals surface area contributed by atoms with Crippen LogP contribution in [0, 0.1) is 23.3 Å².